The molecule has 0 unspecified atom stereocenters. The highest BCUT2D eigenvalue weighted by atomic mass is 35.5. The third-order valence-corrected chi connectivity index (χ3v) is 6.89. The van der Waals surface area contributed by atoms with E-state index in [-0.39, 0.29) is 5.82 Å². The maximum atomic E-state index is 14.1. The number of nitrogen functional groups attached to an aromatic ring is 2. The quantitative estimate of drug-likeness (QED) is 0.747. The normalized spacial score (nSPS) is 23.9. The van der Waals surface area contributed by atoms with Gasteiger partial charge in [-0.2, -0.15) is 0 Å². The number of nitrogens with zero attached hydrogens (tertiary/aromatic N) is 4. The Bertz CT molecular complexity index is 917. The molecular weight excluding hydrogens is 415 g/mol. The van der Waals surface area contributed by atoms with Gasteiger partial charge in [-0.3, -0.25) is 9.80 Å². The molecular formula is C23H32ClFN6. The predicted molar refractivity (Wildman–Crippen MR) is 126 cm³/mol. The van der Waals surface area contributed by atoms with Crippen LogP contribution in [0.15, 0.2) is 30.5 Å². The SMILES string of the molecule is C[C@@H]1CN(C2CCN(Cc3ccc(Cl)cc3F)CC2)[C@@H](C)CN1c1ncc(N)cc1N. The van der Waals surface area contributed by atoms with Crippen molar-refractivity contribution < 1.29 is 4.39 Å². The Morgan fingerprint density at radius 1 is 1.10 bits per heavy atom. The van der Waals surface area contributed by atoms with Gasteiger partial charge in [0.25, 0.3) is 0 Å². The van der Waals surface area contributed by atoms with E-state index in [4.69, 9.17) is 23.1 Å². The maximum Gasteiger partial charge on any atom is 0.152 e. The summed E-state index contributed by atoms with van der Waals surface area (Å²) in [6.07, 6.45) is 3.86. The lowest BCUT2D eigenvalue weighted by atomic mass is 9.97. The molecule has 6 nitrogen and oxygen atoms in total. The molecule has 168 valence electrons. The lowest BCUT2D eigenvalue weighted by molar-refractivity contribution is 0.0584. The predicted octanol–water partition coefficient (Wildman–Crippen LogP) is 3.60. The van der Waals surface area contributed by atoms with Crippen LogP contribution < -0.4 is 16.4 Å². The first-order valence-electron chi connectivity index (χ1n) is 11.0. The monoisotopic (exact) mass is 446 g/mol. The highest BCUT2D eigenvalue weighted by molar-refractivity contribution is 6.30. The van der Waals surface area contributed by atoms with Gasteiger partial charge < -0.3 is 16.4 Å². The summed E-state index contributed by atoms with van der Waals surface area (Å²) in [4.78, 5) is 11.8. The van der Waals surface area contributed by atoms with Gasteiger partial charge in [0.1, 0.15) is 5.82 Å². The second-order valence-corrected chi connectivity index (χ2v) is 9.41. The molecule has 0 saturated carbocycles. The molecule has 0 radical (unpaired) electrons. The molecule has 2 aliphatic rings. The van der Waals surface area contributed by atoms with Crippen LogP contribution >= 0.6 is 11.6 Å². The van der Waals surface area contributed by atoms with Crippen LogP contribution in [0.3, 0.4) is 0 Å². The topological polar surface area (TPSA) is 74.6 Å². The van der Waals surface area contributed by atoms with Gasteiger partial charge in [0.05, 0.1) is 17.6 Å². The first-order valence-corrected chi connectivity index (χ1v) is 11.4. The van der Waals surface area contributed by atoms with Crippen LogP contribution in [0.25, 0.3) is 0 Å². The van der Waals surface area contributed by atoms with E-state index in [9.17, 15) is 4.39 Å². The Balaban J connectivity index is 1.35. The molecule has 3 heterocycles. The molecule has 4 N–H and O–H groups in total. The van der Waals surface area contributed by atoms with Crippen LogP contribution in [0.5, 0.6) is 0 Å². The Labute approximate surface area is 189 Å². The zero-order valence-electron chi connectivity index (χ0n) is 18.3. The number of rotatable bonds is 4. The number of pyridine rings is 1. The van der Waals surface area contributed by atoms with E-state index < -0.39 is 0 Å². The van der Waals surface area contributed by atoms with Crippen molar-refractivity contribution in [2.75, 3.05) is 42.5 Å². The number of hydrogen-bond donors (Lipinski definition) is 2. The fraction of sp³-hybridized carbons (Fsp3) is 0.522. The number of hydrogen-bond acceptors (Lipinski definition) is 6. The summed E-state index contributed by atoms with van der Waals surface area (Å²) in [5, 5.41) is 0.443. The Morgan fingerprint density at radius 3 is 2.52 bits per heavy atom. The second kappa shape index (κ2) is 9.18. The molecule has 0 spiro atoms. The van der Waals surface area contributed by atoms with E-state index in [1.165, 1.54) is 6.07 Å². The highest BCUT2D eigenvalue weighted by Gasteiger charge is 2.35. The average Bonchev–Trinajstić information content (AvgIpc) is 2.72. The van der Waals surface area contributed by atoms with Crippen LogP contribution in [0.4, 0.5) is 21.6 Å². The van der Waals surface area contributed by atoms with E-state index >= 15 is 0 Å². The van der Waals surface area contributed by atoms with E-state index in [1.807, 2.05) is 0 Å². The number of piperidine rings is 1. The number of aromatic nitrogens is 1. The van der Waals surface area contributed by atoms with Crippen LogP contribution in [0.2, 0.25) is 5.02 Å². The summed E-state index contributed by atoms with van der Waals surface area (Å²) in [6.45, 7) is 8.96. The zero-order valence-corrected chi connectivity index (χ0v) is 19.0. The fourth-order valence-corrected chi connectivity index (χ4v) is 5.15. The minimum atomic E-state index is -0.219. The minimum Gasteiger partial charge on any atom is -0.397 e. The summed E-state index contributed by atoms with van der Waals surface area (Å²) < 4.78 is 14.1. The largest absolute Gasteiger partial charge is 0.397 e. The van der Waals surface area contributed by atoms with Crippen molar-refractivity contribution in [3.63, 3.8) is 0 Å². The van der Waals surface area contributed by atoms with Crippen molar-refractivity contribution in [1.82, 2.24) is 14.8 Å². The van der Waals surface area contributed by atoms with Gasteiger partial charge in [-0.15, -0.1) is 0 Å². The summed E-state index contributed by atoms with van der Waals surface area (Å²) in [5.74, 6) is 0.608. The lowest BCUT2D eigenvalue weighted by Crippen LogP contribution is -2.61. The molecule has 0 bridgehead atoms. The zero-order chi connectivity index (χ0) is 22.1. The van der Waals surface area contributed by atoms with Gasteiger partial charge >= 0.3 is 0 Å². The summed E-state index contributed by atoms with van der Waals surface area (Å²) in [5.41, 5.74) is 13.9. The van der Waals surface area contributed by atoms with Gasteiger partial charge in [0.15, 0.2) is 5.82 Å². The van der Waals surface area contributed by atoms with Crippen LogP contribution in [-0.2, 0) is 6.54 Å². The Morgan fingerprint density at radius 2 is 1.84 bits per heavy atom. The van der Waals surface area contributed by atoms with Gasteiger partial charge in [-0.05, 0) is 58.0 Å². The summed E-state index contributed by atoms with van der Waals surface area (Å²) >= 11 is 5.88. The van der Waals surface area contributed by atoms with E-state index in [1.54, 1.807) is 24.4 Å². The first kappa shape index (κ1) is 22.1. The van der Waals surface area contributed by atoms with Crippen molar-refractivity contribution >= 4 is 28.8 Å². The van der Waals surface area contributed by atoms with E-state index in [2.05, 4.69) is 33.5 Å². The number of halogens is 2. The summed E-state index contributed by atoms with van der Waals surface area (Å²) in [6, 6.07) is 8.00. The van der Waals surface area contributed by atoms with Gasteiger partial charge in [-0.25, -0.2) is 9.37 Å². The Hall–Kier alpha value is -2.09. The van der Waals surface area contributed by atoms with Crippen LogP contribution in [0.1, 0.15) is 32.3 Å². The Kier molecular flexibility index (Phi) is 6.55. The summed E-state index contributed by atoms with van der Waals surface area (Å²) in [7, 11) is 0. The fourth-order valence-electron chi connectivity index (χ4n) is 4.99. The molecule has 31 heavy (non-hydrogen) atoms. The number of benzene rings is 1. The van der Waals surface area contributed by atoms with E-state index in [0.717, 1.165) is 44.8 Å². The highest BCUT2D eigenvalue weighted by Crippen LogP contribution is 2.30. The molecule has 2 fully saturated rings. The molecule has 0 aliphatic carbocycles. The molecule has 2 aromatic rings. The van der Waals surface area contributed by atoms with Gasteiger partial charge in [0.2, 0.25) is 0 Å². The van der Waals surface area contributed by atoms with Crippen molar-refractivity contribution in [2.45, 2.75) is 51.4 Å². The molecule has 2 saturated heterocycles. The average molecular weight is 447 g/mol. The first-order chi connectivity index (χ1) is 14.8. The van der Waals surface area contributed by atoms with Crippen LogP contribution in [0, 0.1) is 5.82 Å². The molecule has 1 aromatic carbocycles. The number of anilines is 3. The molecule has 1 aromatic heterocycles. The number of piperazine rings is 1. The van der Waals surface area contributed by atoms with Gasteiger partial charge in [-0.1, -0.05) is 17.7 Å². The minimum absolute atomic E-state index is 0.219. The molecule has 2 aliphatic heterocycles. The van der Waals surface area contributed by atoms with Crippen LogP contribution in [-0.4, -0.2) is 59.1 Å². The third kappa shape index (κ3) is 4.89. The maximum absolute atomic E-state index is 14.1. The smallest absolute Gasteiger partial charge is 0.152 e. The van der Waals surface area contributed by atoms with E-state index in [0.29, 0.717) is 46.6 Å². The molecule has 2 atom stereocenters. The van der Waals surface area contributed by atoms with Crippen molar-refractivity contribution in [2.24, 2.45) is 0 Å². The standard InChI is InChI=1S/C23H32ClFN6/c1-15-13-31(23-22(27)10-19(26)11-28-23)16(2)12-30(15)20-5-7-29(8-6-20)14-17-3-4-18(24)9-21(17)25/h3-4,9-11,15-16,20H,5-8,12-14,26-27H2,1-2H3/t15-,16+/m0/s1. The lowest BCUT2D eigenvalue weighted by Gasteiger charge is -2.49. The van der Waals surface area contributed by atoms with Crippen molar-refractivity contribution in [3.8, 4) is 0 Å². The van der Waals surface area contributed by atoms with Crippen molar-refractivity contribution in [1.29, 1.82) is 0 Å². The van der Waals surface area contributed by atoms with Crippen molar-refractivity contribution in [3.05, 3.63) is 46.9 Å². The second-order valence-electron chi connectivity index (χ2n) is 8.97. The number of nitrogens with two attached hydrogens (primary N) is 2. The molecule has 8 heteroatoms. The molecule has 4 rings (SSSR count). The number of likely N-dealkylation sites (tertiary alicyclic amines) is 1. The molecule has 0 amide bonds. The third-order valence-electron chi connectivity index (χ3n) is 6.66. The van der Waals surface area contributed by atoms with Gasteiger partial charge in [0, 0.05) is 48.3 Å².